The lowest BCUT2D eigenvalue weighted by Gasteiger charge is -1.91. The Balaban J connectivity index is 2.73. The number of furan rings is 1. The Labute approximate surface area is 90.8 Å². The first kappa shape index (κ1) is 10.4. The van der Waals surface area contributed by atoms with Crippen molar-refractivity contribution in [2.24, 2.45) is 0 Å². The highest BCUT2D eigenvalue weighted by atomic mass is 16.6. The molecule has 2 aromatic rings. The number of nitrogens with zero attached hydrogens (tertiary/aromatic N) is 1. The molecule has 1 aromatic heterocycles. The fourth-order valence-electron chi connectivity index (χ4n) is 1.66. The second kappa shape index (κ2) is 3.44. The Bertz CT molecular complexity index is 597. The molecule has 82 valence electrons. The lowest BCUT2D eigenvalue weighted by molar-refractivity contribution is -0.384. The minimum atomic E-state index is -0.473. The van der Waals surface area contributed by atoms with Crippen molar-refractivity contribution in [2.45, 2.75) is 13.8 Å². The Morgan fingerprint density at radius 2 is 2.12 bits per heavy atom. The van der Waals surface area contributed by atoms with E-state index in [-0.39, 0.29) is 17.2 Å². The number of Topliss-reactive ketones (excluding diaryl/α,β-unsaturated/α-hetero) is 1. The Morgan fingerprint density at radius 1 is 1.44 bits per heavy atom. The Hall–Kier alpha value is -2.17. The van der Waals surface area contributed by atoms with Crippen molar-refractivity contribution in [1.82, 2.24) is 0 Å². The van der Waals surface area contributed by atoms with Crippen molar-refractivity contribution in [3.8, 4) is 0 Å². The molecule has 0 aliphatic carbocycles. The first-order valence-electron chi connectivity index (χ1n) is 4.69. The summed E-state index contributed by atoms with van der Waals surface area (Å²) in [6.07, 6.45) is 0. The van der Waals surface area contributed by atoms with E-state index in [0.29, 0.717) is 16.5 Å². The van der Waals surface area contributed by atoms with E-state index >= 15 is 0 Å². The van der Waals surface area contributed by atoms with Gasteiger partial charge in [0.05, 0.1) is 4.92 Å². The number of ketones is 1. The van der Waals surface area contributed by atoms with Crippen LogP contribution in [-0.4, -0.2) is 10.7 Å². The van der Waals surface area contributed by atoms with Gasteiger partial charge in [-0.2, -0.15) is 0 Å². The molecule has 1 aromatic carbocycles. The maximum atomic E-state index is 11.2. The zero-order valence-electron chi connectivity index (χ0n) is 8.81. The van der Waals surface area contributed by atoms with Crippen LogP contribution in [0.2, 0.25) is 0 Å². The molecule has 2 rings (SSSR count). The van der Waals surface area contributed by atoms with E-state index in [2.05, 4.69) is 0 Å². The third-order valence-corrected chi connectivity index (χ3v) is 2.45. The summed E-state index contributed by atoms with van der Waals surface area (Å²) < 4.78 is 5.32. The average molecular weight is 219 g/mol. The number of nitro groups is 1. The Kier molecular flexibility index (Phi) is 2.23. The normalized spacial score (nSPS) is 10.6. The van der Waals surface area contributed by atoms with Gasteiger partial charge in [0.25, 0.3) is 5.69 Å². The number of hydrogen-bond donors (Lipinski definition) is 0. The summed E-state index contributed by atoms with van der Waals surface area (Å²) in [4.78, 5) is 21.4. The fourth-order valence-corrected chi connectivity index (χ4v) is 1.66. The molecule has 0 spiro atoms. The van der Waals surface area contributed by atoms with Crippen LogP contribution < -0.4 is 0 Å². The van der Waals surface area contributed by atoms with E-state index in [1.54, 1.807) is 6.92 Å². The number of non-ortho nitro benzene ring substituents is 1. The molecule has 0 saturated heterocycles. The molecule has 0 unspecified atom stereocenters. The molecular formula is C11H9NO4. The molecule has 5 heteroatoms. The lowest BCUT2D eigenvalue weighted by Crippen LogP contribution is -1.90. The van der Waals surface area contributed by atoms with Crippen LogP contribution in [0.1, 0.15) is 23.0 Å². The molecule has 0 fully saturated rings. The molecule has 0 atom stereocenters. The number of rotatable bonds is 2. The first-order chi connectivity index (χ1) is 7.50. The number of nitro benzene ring substituents is 1. The highest BCUT2D eigenvalue weighted by Gasteiger charge is 2.16. The van der Waals surface area contributed by atoms with E-state index in [1.165, 1.54) is 25.1 Å². The van der Waals surface area contributed by atoms with E-state index in [0.717, 1.165) is 0 Å². The molecule has 0 N–H and O–H groups in total. The van der Waals surface area contributed by atoms with Crippen molar-refractivity contribution in [3.63, 3.8) is 0 Å². The molecule has 1 heterocycles. The smallest absolute Gasteiger partial charge is 0.270 e. The van der Waals surface area contributed by atoms with Crippen LogP contribution >= 0.6 is 0 Å². The van der Waals surface area contributed by atoms with Gasteiger partial charge in [0, 0.05) is 30.0 Å². The molecule has 0 radical (unpaired) electrons. The van der Waals surface area contributed by atoms with Gasteiger partial charge in [0.1, 0.15) is 5.58 Å². The standard InChI is InChI=1S/C11H9NO4/c1-6-9-5-8(12(14)15)3-4-10(9)16-11(6)7(2)13/h3-5H,1-2H3. The minimum Gasteiger partial charge on any atom is -0.453 e. The van der Waals surface area contributed by atoms with Gasteiger partial charge in [-0.25, -0.2) is 0 Å². The summed E-state index contributed by atoms with van der Waals surface area (Å²) in [6, 6.07) is 4.28. The predicted octanol–water partition coefficient (Wildman–Crippen LogP) is 2.85. The average Bonchev–Trinajstić information content (AvgIpc) is 2.56. The van der Waals surface area contributed by atoms with Crippen LogP contribution in [0.4, 0.5) is 5.69 Å². The summed E-state index contributed by atoms with van der Waals surface area (Å²) in [5.41, 5.74) is 1.13. The van der Waals surface area contributed by atoms with E-state index < -0.39 is 4.92 Å². The second-order valence-electron chi connectivity index (χ2n) is 3.55. The highest BCUT2D eigenvalue weighted by Crippen LogP contribution is 2.28. The molecule has 5 nitrogen and oxygen atoms in total. The summed E-state index contributed by atoms with van der Waals surface area (Å²) in [6.45, 7) is 3.12. The third kappa shape index (κ3) is 1.46. The molecule has 0 aliphatic heterocycles. The molecule has 0 aliphatic rings. The molecule has 0 amide bonds. The monoisotopic (exact) mass is 219 g/mol. The van der Waals surface area contributed by atoms with Crippen molar-refractivity contribution >= 4 is 22.4 Å². The van der Waals surface area contributed by atoms with Crippen LogP contribution in [0, 0.1) is 17.0 Å². The summed E-state index contributed by atoms with van der Waals surface area (Å²) in [5.74, 6) is 0.0758. The minimum absolute atomic E-state index is 0.00787. The third-order valence-electron chi connectivity index (χ3n) is 2.45. The maximum Gasteiger partial charge on any atom is 0.270 e. The number of fused-ring (bicyclic) bond motifs is 1. The van der Waals surface area contributed by atoms with Crippen LogP contribution in [0.5, 0.6) is 0 Å². The first-order valence-corrected chi connectivity index (χ1v) is 4.69. The van der Waals surface area contributed by atoms with Crippen molar-refractivity contribution < 1.29 is 14.1 Å². The van der Waals surface area contributed by atoms with E-state index in [9.17, 15) is 14.9 Å². The number of aryl methyl sites for hydroxylation is 1. The SMILES string of the molecule is CC(=O)c1oc2ccc([N+](=O)[O-])cc2c1C. The highest BCUT2D eigenvalue weighted by molar-refractivity contribution is 5.99. The number of hydrogen-bond acceptors (Lipinski definition) is 4. The van der Waals surface area contributed by atoms with Gasteiger partial charge < -0.3 is 4.42 Å². The van der Waals surface area contributed by atoms with Crippen LogP contribution in [0.25, 0.3) is 11.0 Å². The van der Waals surface area contributed by atoms with Gasteiger partial charge in [-0.3, -0.25) is 14.9 Å². The predicted molar refractivity (Wildman–Crippen MR) is 57.6 cm³/mol. The fraction of sp³-hybridized carbons (Fsp3) is 0.182. The van der Waals surface area contributed by atoms with Crippen molar-refractivity contribution in [2.75, 3.05) is 0 Å². The van der Waals surface area contributed by atoms with Gasteiger partial charge >= 0.3 is 0 Å². The van der Waals surface area contributed by atoms with Crippen LogP contribution in [0.3, 0.4) is 0 Å². The zero-order valence-corrected chi connectivity index (χ0v) is 8.81. The summed E-state index contributed by atoms with van der Waals surface area (Å²) in [7, 11) is 0. The summed E-state index contributed by atoms with van der Waals surface area (Å²) >= 11 is 0. The van der Waals surface area contributed by atoms with Crippen LogP contribution in [-0.2, 0) is 0 Å². The number of carbonyl (C=O) groups is 1. The van der Waals surface area contributed by atoms with Crippen molar-refractivity contribution in [1.29, 1.82) is 0 Å². The van der Waals surface area contributed by atoms with Gasteiger partial charge in [0.2, 0.25) is 0 Å². The maximum absolute atomic E-state index is 11.2. The quantitative estimate of drug-likeness (QED) is 0.442. The molecular weight excluding hydrogens is 210 g/mol. The summed E-state index contributed by atoms with van der Waals surface area (Å²) in [5, 5.41) is 11.2. The van der Waals surface area contributed by atoms with Crippen molar-refractivity contribution in [3.05, 3.63) is 39.6 Å². The van der Waals surface area contributed by atoms with Gasteiger partial charge in [-0.15, -0.1) is 0 Å². The molecule has 16 heavy (non-hydrogen) atoms. The van der Waals surface area contributed by atoms with E-state index in [1.807, 2.05) is 0 Å². The lowest BCUT2D eigenvalue weighted by atomic mass is 10.1. The zero-order chi connectivity index (χ0) is 11.9. The number of carbonyl (C=O) groups excluding carboxylic acids is 1. The van der Waals surface area contributed by atoms with Gasteiger partial charge in [0.15, 0.2) is 11.5 Å². The van der Waals surface area contributed by atoms with Gasteiger partial charge in [-0.1, -0.05) is 0 Å². The van der Waals surface area contributed by atoms with E-state index in [4.69, 9.17) is 4.42 Å². The number of benzene rings is 1. The Morgan fingerprint density at radius 3 is 2.69 bits per heavy atom. The second-order valence-corrected chi connectivity index (χ2v) is 3.55. The van der Waals surface area contributed by atoms with Crippen LogP contribution in [0.15, 0.2) is 22.6 Å². The topological polar surface area (TPSA) is 73.3 Å². The largest absolute Gasteiger partial charge is 0.453 e. The molecule has 0 bridgehead atoms. The van der Waals surface area contributed by atoms with Gasteiger partial charge in [-0.05, 0) is 13.0 Å². The molecule has 0 saturated carbocycles.